The van der Waals surface area contributed by atoms with Crippen LogP contribution in [0.5, 0.6) is 0 Å². The van der Waals surface area contributed by atoms with Gasteiger partial charge < -0.3 is 27.8 Å². The van der Waals surface area contributed by atoms with Crippen molar-refractivity contribution in [2.75, 3.05) is 5.73 Å². The highest BCUT2D eigenvalue weighted by atomic mass is 79.9. The van der Waals surface area contributed by atoms with Gasteiger partial charge in [-0.3, -0.25) is 0 Å². The smallest absolute Gasteiger partial charge is 0.173 e. The third-order valence-corrected chi connectivity index (χ3v) is 3.59. The number of hydrogen-bond acceptors (Lipinski definition) is 5. The molecule has 2 aromatic heterocycles. The fourth-order valence-electron chi connectivity index (χ4n) is 2.28. The lowest BCUT2D eigenvalue weighted by atomic mass is 10.2. The number of aliphatic hydroxyl groups excluding tert-OH is 1. The second-order valence-corrected chi connectivity index (χ2v) is 5.47. The van der Waals surface area contributed by atoms with Crippen LogP contribution in [0.15, 0.2) is 65.2 Å². The molecule has 0 aliphatic heterocycles. The maximum atomic E-state index is 9.03. The number of benzene rings is 1. The number of nitrogen functional groups attached to an aromatic ring is 1. The summed E-state index contributed by atoms with van der Waals surface area (Å²) in [6.45, 7) is 0.579. The molecule has 0 radical (unpaired) electrons. The molecule has 1 aromatic carbocycles. The quantitative estimate of drug-likeness (QED) is 0.434. The van der Waals surface area contributed by atoms with Gasteiger partial charge in [0.25, 0.3) is 0 Å². The van der Waals surface area contributed by atoms with Crippen molar-refractivity contribution in [3.05, 3.63) is 66.1 Å². The molecule has 0 atom stereocenters. The zero-order valence-corrected chi connectivity index (χ0v) is 15.3. The predicted molar refractivity (Wildman–Crippen MR) is 89.9 cm³/mol. The molecule has 0 amide bonds. The number of aliphatic hydroxyl groups is 1. The monoisotopic (exact) mass is 402 g/mol. The van der Waals surface area contributed by atoms with Crippen LogP contribution in [0.2, 0.25) is 0 Å². The summed E-state index contributed by atoms with van der Waals surface area (Å²) in [6.07, 6.45) is 5.59. The Bertz CT molecular complexity index is 860. The Morgan fingerprint density at radius 3 is 2.60 bits per heavy atom. The van der Waals surface area contributed by atoms with Crippen molar-refractivity contribution < 1.29 is 26.7 Å². The van der Waals surface area contributed by atoms with Gasteiger partial charge >= 0.3 is 0 Å². The molecule has 0 unspecified atom stereocenters. The summed E-state index contributed by atoms with van der Waals surface area (Å²) in [5, 5.41) is 21.6. The Hall–Kier alpha value is -2.58. The number of nitrogens with zero attached hydrogens (tertiary/aromatic N) is 5. The molecule has 0 aliphatic carbocycles. The van der Waals surface area contributed by atoms with Gasteiger partial charge in [-0.1, -0.05) is 12.1 Å². The van der Waals surface area contributed by atoms with Crippen molar-refractivity contribution in [3.8, 4) is 0 Å². The summed E-state index contributed by atoms with van der Waals surface area (Å²) in [5.41, 5.74) is 9.25. The third-order valence-electron chi connectivity index (χ3n) is 3.59. The molecular formula is C17H19BrN6O. The number of aryl methyl sites for hydroxylation is 1. The van der Waals surface area contributed by atoms with Gasteiger partial charge in [0, 0.05) is 11.6 Å². The van der Waals surface area contributed by atoms with Crippen molar-refractivity contribution in [1.82, 2.24) is 9.78 Å². The number of rotatable bonds is 5. The van der Waals surface area contributed by atoms with Crippen LogP contribution in [0.25, 0.3) is 0 Å². The first kappa shape index (κ1) is 18.8. The summed E-state index contributed by atoms with van der Waals surface area (Å²) < 4.78 is 3.67. The van der Waals surface area contributed by atoms with E-state index < -0.39 is 0 Å². The first-order chi connectivity index (χ1) is 11.7. The topological polar surface area (TPSA) is 92.7 Å². The van der Waals surface area contributed by atoms with Crippen LogP contribution in [0.1, 0.15) is 11.1 Å². The number of anilines is 1. The van der Waals surface area contributed by atoms with E-state index in [0.29, 0.717) is 23.7 Å². The van der Waals surface area contributed by atoms with E-state index in [-0.39, 0.29) is 23.6 Å². The van der Waals surface area contributed by atoms with Gasteiger partial charge in [0.2, 0.25) is 0 Å². The van der Waals surface area contributed by atoms with E-state index in [4.69, 9.17) is 10.8 Å². The van der Waals surface area contributed by atoms with E-state index in [0.717, 1.165) is 11.1 Å². The molecule has 3 aromatic rings. The van der Waals surface area contributed by atoms with Gasteiger partial charge in [0.05, 0.1) is 25.0 Å². The summed E-state index contributed by atoms with van der Waals surface area (Å²) in [4.78, 5) is 0. The van der Waals surface area contributed by atoms with Crippen LogP contribution in [0.4, 0.5) is 17.2 Å². The zero-order valence-electron chi connectivity index (χ0n) is 13.7. The van der Waals surface area contributed by atoms with E-state index in [1.165, 1.54) is 0 Å². The van der Waals surface area contributed by atoms with Crippen molar-refractivity contribution in [3.63, 3.8) is 0 Å². The summed E-state index contributed by atoms with van der Waals surface area (Å²) in [5.74, 6) is 0.470. The van der Waals surface area contributed by atoms with Crippen LogP contribution < -0.4 is 27.3 Å². The van der Waals surface area contributed by atoms with Crippen molar-refractivity contribution in [2.24, 2.45) is 17.3 Å². The minimum atomic E-state index is 0. The Morgan fingerprint density at radius 1 is 1.16 bits per heavy atom. The molecule has 130 valence electrons. The van der Waals surface area contributed by atoms with Crippen LogP contribution in [0.3, 0.4) is 0 Å². The molecule has 25 heavy (non-hydrogen) atoms. The summed E-state index contributed by atoms with van der Waals surface area (Å²) in [6, 6.07) is 11.2. The van der Waals surface area contributed by atoms with Crippen LogP contribution in [-0.4, -0.2) is 14.9 Å². The molecule has 0 fully saturated rings. The standard InChI is InChI=1S/C17H19N6O.BrH/c1-22-8-2-3-14(10-22)11-23-17(18)16(9-19-23)21-20-15-6-4-13(12-24)5-7-15;/h2-10,24H,11-12,18H2,1H3;1H/q+1;/p-1/b21-20+;. The van der Waals surface area contributed by atoms with Gasteiger partial charge in [-0.2, -0.15) is 10.2 Å². The second kappa shape index (κ2) is 8.50. The molecule has 7 nitrogen and oxygen atoms in total. The number of nitrogens with two attached hydrogens (primary N) is 1. The van der Waals surface area contributed by atoms with E-state index >= 15 is 0 Å². The van der Waals surface area contributed by atoms with E-state index in [1.54, 1.807) is 35.1 Å². The molecule has 0 spiro atoms. The van der Waals surface area contributed by atoms with Crippen LogP contribution in [-0.2, 0) is 20.2 Å². The highest BCUT2D eigenvalue weighted by Crippen LogP contribution is 2.24. The molecule has 3 rings (SSSR count). The average molecular weight is 403 g/mol. The van der Waals surface area contributed by atoms with E-state index in [9.17, 15) is 0 Å². The highest BCUT2D eigenvalue weighted by molar-refractivity contribution is 5.56. The van der Waals surface area contributed by atoms with Gasteiger partial charge in [-0.15, -0.1) is 5.11 Å². The molecule has 0 bridgehead atoms. The van der Waals surface area contributed by atoms with Crippen LogP contribution >= 0.6 is 0 Å². The van der Waals surface area contributed by atoms with Gasteiger partial charge in [-0.25, -0.2) is 9.25 Å². The number of azo groups is 1. The molecule has 3 N–H and O–H groups in total. The van der Waals surface area contributed by atoms with E-state index in [1.807, 2.05) is 36.1 Å². The van der Waals surface area contributed by atoms with Gasteiger partial charge in [0.15, 0.2) is 12.4 Å². The Morgan fingerprint density at radius 2 is 1.92 bits per heavy atom. The van der Waals surface area contributed by atoms with E-state index in [2.05, 4.69) is 15.3 Å². The predicted octanol–water partition coefficient (Wildman–Crippen LogP) is -0.750. The maximum Gasteiger partial charge on any atom is 0.173 e. The van der Waals surface area contributed by atoms with Gasteiger partial charge in [0.1, 0.15) is 18.6 Å². The van der Waals surface area contributed by atoms with Gasteiger partial charge in [-0.05, 0) is 23.8 Å². The second-order valence-electron chi connectivity index (χ2n) is 5.47. The Kier molecular flexibility index (Phi) is 6.37. The molecule has 0 saturated carbocycles. The molecule has 8 heteroatoms. The van der Waals surface area contributed by atoms with Crippen molar-refractivity contribution in [1.29, 1.82) is 0 Å². The fraction of sp³-hybridized carbons (Fsp3) is 0.176. The lowest BCUT2D eigenvalue weighted by Gasteiger charge is -2.03. The Labute approximate surface area is 156 Å². The first-order valence-electron chi connectivity index (χ1n) is 7.52. The Balaban J connectivity index is 0.00000225. The number of hydrogen-bond donors (Lipinski definition) is 2. The molecule has 2 heterocycles. The maximum absolute atomic E-state index is 9.03. The number of pyridine rings is 1. The fourth-order valence-corrected chi connectivity index (χ4v) is 2.28. The summed E-state index contributed by atoms with van der Waals surface area (Å²) in [7, 11) is 1.97. The average Bonchev–Trinajstić information content (AvgIpc) is 2.94. The lowest BCUT2D eigenvalue weighted by molar-refractivity contribution is -0.671. The summed E-state index contributed by atoms with van der Waals surface area (Å²) >= 11 is 0. The lowest BCUT2D eigenvalue weighted by Crippen LogP contribution is -3.00. The molecule has 0 aliphatic rings. The third kappa shape index (κ3) is 4.71. The normalized spacial score (nSPS) is 10.8. The zero-order chi connectivity index (χ0) is 16.9. The molecule has 0 saturated heterocycles. The SMILES string of the molecule is C[n+]1cccc(Cn2ncc(/N=N/c3ccc(CO)cc3)c2N)c1.[Br-]. The molecular weight excluding hydrogens is 384 g/mol. The van der Waals surface area contributed by atoms with Crippen molar-refractivity contribution >= 4 is 17.2 Å². The minimum Gasteiger partial charge on any atom is -1.00 e. The van der Waals surface area contributed by atoms with Crippen molar-refractivity contribution in [2.45, 2.75) is 13.2 Å². The first-order valence-corrected chi connectivity index (χ1v) is 7.52. The largest absolute Gasteiger partial charge is 1.00 e. The minimum absolute atomic E-state index is 0. The highest BCUT2D eigenvalue weighted by Gasteiger charge is 2.08. The number of aromatic nitrogens is 3. The number of halogens is 1. The van der Waals surface area contributed by atoms with Crippen LogP contribution in [0, 0.1) is 0 Å².